The van der Waals surface area contributed by atoms with E-state index in [1.165, 1.54) is 0 Å². The van der Waals surface area contributed by atoms with Gasteiger partial charge in [-0.2, -0.15) is 0 Å². The Hall–Kier alpha value is -0.610. The molecule has 4 heteroatoms. The predicted octanol–water partition coefficient (Wildman–Crippen LogP) is 0.0376. The summed E-state index contributed by atoms with van der Waals surface area (Å²) in [6.45, 7) is 5.85. The zero-order chi connectivity index (χ0) is 11.1. The first-order valence-corrected chi connectivity index (χ1v) is 5.12. The molecule has 3 N–H and O–H groups in total. The summed E-state index contributed by atoms with van der Waals surface area (Å²) in [5.41, 5.74) is 5.27. The average Bonchev–Trinajstić information content (AvgIpc) is 2.01. The molecular weight excluding hydrogens is 178 g/mol. The van der Waals surface area contributed by atoms with Crippen LogP contribution in [0.4, 0.5) is 0 Å². The van der Waals surface area contributed by atoms with Crippen molar-refractivity contribution in [3.8, 4) is 0 Å². The summed E-state index contributed by atoms with van der Waals surface area (Å²) in [7, 11) is 4.07. The van der Waals surface area contributed by atoms with Crippen LogP contribution in [-0.2, 0) is 4.79 Å². The molecule has 0 spiro atoms. The molecule has 0 heterocycles. The summed E-state index contributed by atoms with van der Waals surface area (Å²) in [6, 6.07) is -0.197. The molecule has 1 atom stereocenters. The van der Waals surface area contributed by atoms with Crippen molar-refractivity contribution < 1.29 is 4.79 Å². The molecule has 14 heavy (non-hydrogen) atoms. The maximum atomic E-state index is 11.0. The van der Waals surface area contributed by atoms with Crippen molar-refractivity contribution in [1.29, 1.82) is 0 Å². The standard InChI is InChI=1S/C10H23N3O/c1-8(2)9(10(11)14)12-6-5-7-13(3)4/h8-9,12H,5-7H2,1-4H3,(H2,11,14). The minimum absolute atomic E-state index is 0.197. The van der Waals surface area contributed by atoms with Crippen LogP contribution in [0, 0.1) is 5.92 Å². The first-order valence-electron chi connectivity index (χ1n) is 5.12. The van der Waals surface area contributed by atoms with Crippen LogP contribution in [0.3, 0.4) is 0 Å². The van der Waals surface area contributed by atoms with Crippen molar-refractivity contribution in [2.75, 3.05) is 27.2 Å². The highest BCUT2D eigenvalue weighted by molar-refractivity contribution is 5.80. The van der Waals surface area contributed by atoms with E-state index in [2.05, 4.69) is 10.2 Å². The molecule has 0 radical (unpaired) electrons. The summed E-state index contributed by atoms with van der Waals surface area (Å²) in [5.74, 6) is -0.00305. The van der Waals surface area contributed by atoms with Gasteiger partial charge in [0.25, 0.3) is 0 Å². The number of carbonyl (C=O) groups is 1. The average molecular weight is 201 g/mol. The van der Waals surface area contributed by atoms with Gasteiger partial charge < -0.3 is 16.0 Å². The van der Waals surface area contributed by atoms with E-state index in [-0.39, 0.29) is 17.9 Å². The van der Waals surface area contributed by atoms with Crippen molar-refractivity contribution in [2.45, 2.75) is 26.3 Å². The normalized spacial score (nSPS) is 13.6. The van der Waals surface area contributed by atoms with Crippen molar-refractivity contribution in [3.05, 3.63) is 0 Å². The fourth-order valence-electron chi connectivity index (χ4n) is 1.32. The quantitative estimate of drug-likeness (QED) is 0.572. The van der Waals surface area contributed by atoms with Crippen molar-refractivity contribution in [1.82, 2.24) is 10.2 Å². The van der Waals surface area contributed by atoms with Crippen LogP contribution in [0.15, 0.2) is 0 Å². The number of primary amides is 1. The van der Waals surface area contributed by atoms with Gasteiger partial charge in [0, 0.05) is 0 Å². The highest BCUT2D eigenvalue weighted by Crippen LogP contribution is 2.00. The van der Waals surface area contributed by atoms with Crippen molar-refractivity contribution in [2.24, 2.45) is 11.7 Å². The van der Waals surface area contributed by atoms with Crippen molar-refractivity contribution >= 4 is 5.91 Å². The van der Waals surface area contributed by atoms with Gasteiger partial charge in [-0.05, 0) is 39.5 Å². The Morgan fingerprint density at radius 2 is 2.00 bits per heavy atom. The number of amides is 1. The Bertz CT molecular complexity index is 169. The minimum atomic E-state index is -0.259. The molecule has 0 aliphatic heterocycles. The predicted molar refractivity (Wildman–Crippen MR) is 59.0 cm³/mol. The fraction of sp³-hybridized carbons (Fsp3) is 0.900. The van der Waals surface area contributed by atoms with Gasteiger partial charge in [0.2, 0.25) is 5.91 Å². The molecule has 1 amide bonds. The molecule has 0 aliphatic rings. The monoisotopic (exact) mass is 201 g/mol. The SMILES string of the molecule is CC(C)C(NCCCN(C)C)C(N)=O. The lowest BCUT2D eigenvalue weighted by atomic mass is 10.0. The van der Waals surface area contributed by atoms with Gasteiger partial charge >= 0.3 is 0 Å². The molecule has 4 nitrogen and oxygen atoms in total. The van der Waals surface area contributed by atoms with Crippen LogP contribution < -0.4 is 11.1 Å². The second-order valence-electron chi connectivity index (χ2n) is 4.24. The van der Waals surface area contributed by atoms with Gasteiger partial charge in [-0.15, -0.1) is 0 Å². The van der Waals surface area contributed by atoms with Crippen molar-refractivity contribution in [3.63, 3.8) is 0 Å². The number of nitrogens with one attached hydrogen (secondary N) is 1. The number of hydrogen-bond donors (Lipinski definition) is 2. The Labute approximate surface area is 86.8 Å². The highest BCUT2D eigenvalue weighted by atomic mass is 16.1. The molecule has 0 aromatic heterocycles. The van der Waals surface area contributed by atoms with Crippen LogP contribution in [0.2, 0.25) is 0 Å². The fourth-order valence-corrected chi connectivity index (χ4v) is 1.32. The number of rotatable bonds is 7. The molecule has 0 aliphatic carbocycles. The lowest BCUT2D eigenvalue weighted by Crippen LogP contribution is -2.45. The largest absolute Gasteiger partial charge is 0.368 e. The molecule has 0 saturated carbocycles. The number of nitrogens with two attached hydrogens (primary N) is 1. The van der Waals surface area contributed by atoms with E-state index >= 15 is 0 Å². The summed E-state index contributed by atoms with van der Waals surface area (Å²) < 4.78 is 0. The molecular formula is C10H23N3O. The van der Waals surface area contributed by atoms with E-state index in [1.54, 1.807) is 0 Å². The van der Waals surface area contributed by atoms with Crippen LogP contribution in [0.5, 0.6) is 0 Å². The van der Waals surface area contributed by atoms with Crippen LogP contribution >= 0.6 is 0 Å². The summed E-state index contributed by atoms with van der Waals surface area (Å²) >= 11 is 0. The zero-order valence-electron chi connectivity index (χ0n) is 9.71. The molecule has 84 valence electrons. The van der Waals surface area contributed by atoms with Crippen LogP contribution in [0.25, 0.3) is 0 Å². The third-order valence-corrected chi connectivity index (χ3v) is 2.12. The molecule has 0 bridgehead atoms. The van der Waals surface area contributed by atoms with E-state index in [0.29, 0.717) is 0 Å². The third kappa shape index (κ3) is 5.94. The van der Waals surface area contributed by atoms with Crippen LogP contribution in [-0.4, -0.2) is 44.0 Å². The topological polar surface area (TPSA) is 58.4 Å². The number of nitrogens with zero attached hydrogens (tertiary/aromatic N) is 1. The molecule has 0 rings (SSSR count). The van der Waals surface area contributed by atoms with E-state index in [4.69, 9.17) is 5.73 Å². The molecule has 1 unspecified atom stereocenters. The van der Waals surface area contributed by atoms with E-state index in [1.807, 2.05) is 27.9 Å². The van der Waals surface area contributed by atoms with Crippen LogP contribution in [0.1, 0.15) is 20.3 Å². The number of carbonyl (C=O) groups excluding carboxylic acids is 1. The minimum Gasteiger partial charge on any atom is -0.368 e. The first kappa shape index (κ1) is 13.4. The van der Waals surface area contributed by atoms with Gasteiger partial charge in [0.15, 0.2) is 0 Å². The van der Waals surface area contributed by atoms with E-state index in [0.717, 1.165) is 19.5 Å². The second-order valence-corrected chi connectivity index (χ2v) is 4.24. The Morgan fingerprint density at radius 3 is 2.36 bits per heavy atom. The lowest BCUT2D eigenvalue weighted by molar-refractivity contribution is -0.121. The molecule has 0 fully saturated rings. The Balaban J connectivity index is 3.67. The summed E-state index contributed by atoms with van der Waals surface area (Å²) in [5, 5.41) is 3.17. The Kier molecular flexibility index (Phi) is 6.49. The van der Waals surface area contributed by atoms with E-state index in [9.17, 15) is 4.79 Å². The van der Waals surface area contributed by atoms with Gasteiger partial charge in [-0.3, -0.25) is 4.79 Å². The maximum absolute atomic E-state index is 11.0. The maximum Gasteiger partial charge on any atom is 0.234 e. The summed E-state index contributed by atoms with van der Waals surface area (Å²) in [6.07, 6.45) is 1.03. The van der Waals surface area contributed by atoms with Gasteiger partial charge in [0.1, 0.15) is 0 Å². The summed E-state index contributed by atoms with van der Waals surface area (Å²) in [4.78, 5) is 13.1. The van der Waals surface area contributed by atoms with Gasteiger partial charge in [-0.25, -0.2) is 0 Å². The smallest absolute Gasteiger partial charge is 0.234 e. The lowest BCUT2D eigenvalue weighted by Gasteiger charge is -2.19. The third-order valence-electron chi connectivity index (χ3n) is 2.12. The molecule has 0 aromatic carbocycles. The van der Waals surface area contributed by atoms with Gasteiger partial charge in [-0.1, -0.05) is 13.8 Å². The zero-order valence-corrected chi connectivity index (χ0v) is 9.71. The molecule has 0 saturated heterocycles. The number of hydrogen-bond acceptors (Lipinski definition) is 3. The Morgan fingerprint density at radius 1 is 1.43 bits per heavy atom. The van der Waals surface area contributed by atoms with Gasteiger partial charge in [0.05, 0.1) is 6.04 Å². The molecule has 0 aromatic rings. The first-order chi connectivity index (χ1) is 6.45. The highest BCUT2D eigenvalue weighted by Gasteiger charge is 2.17. The van der Waals surface area contributed by atoms with E-state index < -0.39 is 0 Å². The second kappa shape index (κ2) is 6.79.